The van der Waals surface area contributed by atoms with Gasteiger partial charge in [0, 0.05) is 12.4 Å². The van der Waals surface area contributed by atoms with Crippen LogP contribution in [0.3, 0.4) is 0 Å². The molecular formula is C28H38BClN2O3. The first-order valence-corrected chi connectivity index (χ1v) is 12.7. The molecule has 2 bridgehead atoms. The summed E-state index contributed by atoms with van der Waals surface area (Å²) in [6, 6.07) is 19.7. The summed E-state index contributed by atoms with van der Waals surface area (Å²) in [7, 11) is -0.337. The van der Waals surface area contributed by atoms with E-state index in [0.29, 0.717) is 30.2 Å². The Bertz CT molecular complexity index is 1010. The Hall–Kier alpha value is -1.86. The minimum atomic E-state index is -0.585. The van der Waals surface area contributed by atoms with Gasteiger partial charge in [0.25, 0.3) is 0 Å². The van der Waals surface area contributed by atoms with E-state index in [1.165, 1.54) is 12.0 Å². The van der Waals surface area contributed by atoms with Gasteiger partial charge in [-0.3, -0.25) is 4.79 Å². The highest BCUT2D eigenvalue weighted by molar-refractivity contribution is 6.47. The van der Waals surface area contributed by atoms with E-state index in [-0.39, 0.29) is 43.0 Å². The standard InChI is InChI=1S/C28H37BN2O3.ClH/c1-27(2)21-16-24(27)28(3)25(17-21)33-29(34-28)22(14-19-10-6-4-7-11-19)18-31-26(32)23(30)15-20-12-8-5-9-13-20;/h4-13,21-25H,14-18,30H2,1-3H3,(H,31,32);1H/t21-,22-,23+,24-,25+,28-;/m1./s1. The molecule has 2 aromatic rings. The topological polar surface area (TPSA) is 73.6 Å². The van der Waals surface area contributed by atoms with Gasteiger partial charge in [-0.15, -0.1) is 12.4 Å². The fourth-order valence-corrected chi connectivity index (χ4v) is 6.61. The number of hydrogen-bond donors (Lipinski definition) is 2. The summed E-state index contributed by atoms with van der Waals surface area (Å²) in [5, 5.41) is 3.11. The third-order valence-corrected chi connectivity index (χ3v) is 8.87. The summed E-state index contributed by atoms with van der Waals surface area (Å²) in [5.74, 6) is 1.10. The van der Waals surface area contributed by atoms with Crippen LogP contribution in [0.1, 0.15) is 44.7 Å². The average molecular weight is 497 g/mol. The molecule has 4 fully saturated rings. The van der Waals surface area contributed by atoms with E-state index in [2.05, 4.69) is 50.4 Å². The number of hydrogen-bond acceptors (Lipinski definition) is 4. The van der Waals surface area contributed by atoms with Crippen molar-refractivity contribution in [3.63, 3.8) is 0 Å². The highest BCUT2D eigenvalue weighted by Crippen LogP contribution is 2.66. The third-order valence-electron chi connectivity index (χ3n) is 8.87. The van der Waals surface area contributed by atoms with Crippen LogP contribution >= 0.6 is 12.4 Å². The maximum atomic E-state index is 12.9. The van der Waals surface area contributed by atoms with Crippen molar-refractivity contribution in [1.29, 1.82) is 0 Å². The number of amides is 1. The average Bonchev–Trinajstić information content (AvgIpc) is 3.19. The van der Waals surface area contributed by atoms with Gasteiger partial charge < -0.3 is 20.4 Å². The Balaban J connectivity index is 0.00000289. The normalized spacial score (nSPS) is 29.8. The van der Waals surface area contributed by atoms with Crippen LogP contribution < -0.4 is 11.1 Å². The molecule has 5 nitrogen and oxygen atoms in total. The van der Waals surface area contributed by atoms with Crippen LogP contribution in [-0.2, 0) is 26.9 Å². The lowest BCUT2D eigenvalue weighted by molar-refractivity contribution is -0.199. The molecule has 1 aliphatic heterocycles. The van der Waals surface area contributed by atoms with Crippen molar-refractivity contribution in [2.75, 3.05) is 6.54 Å². The first-order chi connectivity index (χ1) is 16.3. The molecule has 1 heterocycles. The number of nitrogens with two attached hydrogens (primary N) is 1. The Morgan fingerprint density at radius 2 is 1.63 bits per heavy atom. The molecule has 1 amide bonds. The van der Waals surface area contributed by atoms with Crippen molar-refractivity contribution in [3.05, 3.63) is 71.8 Å². The zero-order valence-corrected chi connectivity index (χ0v) is 21.8. The zero-order valence-electron chi connectivity index (χ0n) is 21.0. The zero-order chi connectivity index (χ0) is 23.9. The summed E-state index contributed by atoms with van der Waals surface area (Å²) in [6.07, 6.45) is 3.71. The van der Waals surface area contributed by atoms with Crippen LogP contribution in [0.4, 0.5) is 0 Å². The fourth-order valence-electron chi connectivity index (χ4n) is 6.61. The highest BCUT2D eigenvalue weighted by Gasteiger charge is 2.68. The molecule has 6 atom stereocenters. The Kier molecular flexibility index (Phi) is 7.68. The number of benzene rings is 2. The summed E-state index contributed by atoms with van der Waals surface area (Å²) in [6.45, 7) is 7.47. The van der Waals surface area contributed by atoms with Gasteiger partial charge in [-0.2, -0.15) is 0 Å². The van der Waals surface area contributed by atoms with Crippen molar-refractivity contribution >= 4 is 25.4 Å². The third kappa shape index (κ3) is 5.04. The molecule has 35 heavy (non-hydrogen) atoms. The van der Waals surface area contributed by atoms with Crippen LogP contribution in [0.25, 0.3) is 0 Å². The van der Waals surface area contributed by atoms with Crippen molar-refractivity contribution in [3.8, 4) is 0 Å². The smallest absolute Gasteiger partial charge is 0.405 e. The second-order valence-corrected chi connectivity index (χ2v) is 11.3. The number of rotatable bonds is 8. The predicted molar refractivity (Wildman–Crippen MR) is 142 cm³/mol. The van der Waals surface area contributed by atoms with E-state index < -0.39 is 6.04 Å². The molecule has 4 aliphatic rings. The molecule has 0 unspecified atom stereocenters. The van der Waals surface area contributed by atoms with Gasteiger partial charge in [0.05, 0.1) is 17.7 Å². The van der Waals surface area contributed by atoms with Crippen LogP contribution in [0.5, 0.6) is 0 Å². The first-order valence-electron chi connectivity index (χ1n) is 12.7. The summed E-state index contributed by atoms with van der Waals surface area (Å²) in [4.78, 5) is 12.9. The summed E-state index contributed by atoms with van der Waals surface area (Å²) >= 11 is 0. The van der Waals surface area contributed by atoms with Gasteiger partial charge >= 0.3 is 7.12 Å². The maximum absolute atomic E-state index is 12.9. The lowest BCUT2D eigenvalue weighted by Crippen LogP contribution is -2.65. The molecule has 6 rings (SSSR count). The van der Waals surface area contributed by atoms with E-state index in [9.17, 15) is 4.79 Å². The SMILES string of the molecule is CC1(C)[C@H]2C[C@@H]3OB([C@@H](CNC(=O)[C@@H](N)Cc4ccccc4)Cc4ccccc4)O[C@]3(C)[C@@H]1C2.Cl. The number of nitrogens with one attached hydrogen (secondary N) is 1. The van der Waals surface area contributed by atoms with E-state index in [4.69, 9.17) is 15.0 Å². The van der Waals surface area contributed by atoms with Crippen LogP contribution in [0, 0.1) is 17.3 Å². The van der Waals surface area contributed by atoms with Crippen molar-refractivity contribution in [2.24, 2.45) is 23.0 Å². The lowest BCUT2D eigenvalue weighted by Gasteiger charge is -2.64. The molecule has 1 saturated heterocycles. The Morgan fingerprint density at radius 1 is 1.03 bits per heavy atom. The molecule has 3 N–H and O–H groups in total. The maximum Gasteiger partial charge on any atom is 0.463 e. The minimum Gasteiger partial charge on any atom is -0.405 e. The lowest BCUT2D eigenvalue weighted by atomic mass is 9.43. The quantitative estimate of drug-likeness (QED) is 0.530. The van der Waals surface area contributed by atoms with Crippen molar-refractivity contribution < 1.29 is 14.1 Å². The number of carbonyl (C=O) groups excluding carboxylic acids is 1. The fraction of sp³-hybridized carbons (Fsp3) is 0.536. The molecule has 3 saturated carbocycles. The van der Waals surface area contributed by atoms with Crippen LogP contribution in [0.2, 0.25) is 5.82 Å². The van der Waals surface area contributed by atoms with E-state index >= 15 is 0 Å². The molecule has 2 aromatic carbocycles. The van der Waals surface area contributed by atoms with Gasteiger partial charge in [0.15, 0.2) is 0 Å². The predicted octanol–water partition coefficient (Wildman–Crippen LogP) is 4.44. The van der Waals surface area contributed by atoms with Gasteiger partial charge in [-0.1, -0.05) is 74.5 Å². The monoisotopic (exact) mass is 496 g/mol. The number of carbonyl (C=O) groups is 1. The van der Waals surface area contributed by atoms with Crippen LogP contribution in [0.15, 0.2) is 60.7 Å². The van der Waals surface area contributed by atoms with E-state index in [1.54, 1.807) is 0 Å². The molecular weight excluding hydrogens is 459 g/mol. The number of halogens is 1. The van der Waals surface area contributed by atoms with Gasteiger partial charge in [0.2, 0.25) is 5.91 Å². The van der Waals surface area contributed by atoms with Gasteiger partial charge in [0.1, 0.15) is 0 Å². The molecule has 7 heteroatoms. The molecule has 0 aromatic heterocycles. The van der Waals surface area contributed by atoms with Crippen molar-refractivity contribution in [1.82, 2.24) is 5.32 Å². The van der Waals surface area contributed by atoms with E-state index in [1.807, 2.05) is 36.4 Å². The first kappa shape index (κ1) is 26.2. The molecule has 3 aliphatic carbocycles. The summed E-state index contributed by atoms with van der Waals surface area (Å²) < 4.78 is 13.3. The second-order valence-electron chi connectivity index (χ2n) is 11.3. The highest BCUT2D eigenvalue weighted by atomic mass is 35.5. The molecule has 0 radical (unpaired) electrons. The van der Waals surface area contributed by atoms with Gasteiger partial charge in [-0.05, 0) is 61.0 Å². The second kappa shape index (κ2) is 10.3. The summed E-state index contributed by atoms with van der Waals surface area (Å²) in [5.41, 5.74) is 8.56. The van der Waals surface area contributed by atoms with E-state index in [0.717, 1.165) is 18.4 Å². The largest absolute Gasteiger partial charge is 0.463 e. The van der Waals surface area contributed by atoms with Gasteiger partial charge in [-0.25, -0.2) is 0 Å². The van der Waals surface area contributed by atoms with Crippen LogP contribution in [-0.4, -0.2) is 37.3 Å². The Labute approximate surface area is 216 Å². The molecule has 0 spiro atoms. The minimum absolute atomic E-state index is 0. The molecule has 188 valence electrons. The Morgan fingerprint density at radius 3 is 2.23 bits per heavy atom. The van der Waals surface area contributed by atoms with Crippen molar-refractivity contribution in [2.45, 2.75) is 70.0 Å².